The summed E-state index contributed by atoms with van der Waals surface area (Å²) in [6, 6.07) is 2.00. The summed E-state index contributed by atoms with van der Waals surface area (Å²) in [5.41, 5.74) is 0. The van der Waals surface area contributed by atoms with Crippen molar-refractivity contribution in [3.8, 4) is 0 Å². The molecule has 0 N–H and O–H groups in total. The molecule has 1 saturated carbocycles. The van der Waals surface area contributed by atoms with Crippen molar-refractivity contribution in [1.29, 1.82) is 0 Å². The van der Waals surface area contributed by atoms with E-state index in [1.165, 1.54) is 19.4 Å². The Bertz CT molecular complexity index is 179. The zero-order valence-electron chi connectivity index (χ0n) is 7.46. The van der Waals surface area contributed by atoms with Gasteiger partial charge >= 0.3 is 0 Å². The molecule has 0 spiro atoms. The molecular weight excluding hydrogens is 134 g/mol. The summed E-state index contributed by atoms with van der Waals surface area (Å²) < 4.78 is 0. The van der Waals surface area contributed by atoms with Gasteiger partial charge in [0.2, 0.25) is 0 Å². The van der Waals surface area contributed by atoms with Crippen LogP contribution >= 0.6 is 0 Å². The fraction of sp³-hybridized carbons (Fsp3) is 1.00. The summed E-state index contributed by atoms with van der Waals surface area (Å²) in [5, 5.41) is 0. The van der Waals surface area contributed by atoms with Gasteiger partial charge in [0.25, 0.3) is 0 Å². The second kappa shape index (κ2) is 1.82. The lowest BCUT2D eigenvalue weighted by Crippen LogP contribution is -2.75. The van der Waals surface area contributed by atoms with Crippen LogP contribution in [0, 0.1) is 17.8 Å². The Morgan fingerprint density at radius 1 is 1.09 bits per heavy atom. The number of nitrogens with zero attached hydrogens (tertiary/aromatic N) is 1. The van der Waals surface area contributed by atoms with Gasteiger partial charge in [-0.05, 0) is 30.6 Å². The van der Waals surface area contributed by atoms with Crippen LogP contribution in [0.15, 0.2) is 0 Å². The third-order valence-electron chi connectivity index (χ3n) is 4.03. The first-order valence-electron chi connectivity index (χ1n) is 5.05. The van der Waals surface area contributed by atoms with Crippen molar-refractivity contribution >= 4 is 0 Å². The van der Waals surface area contributed by atoms with Crippen molar-refractivity contribution in [2.45, 2.75) is 38.8 Å². The molecule has 2 saturated heterocycles. The Kier molecular flexibility index (Phi) is 1.07. The minimum Gasteiger partial charge on any atom is -0.296 e. The average Bonchev–Trinajstić information content (AvgIpc) is 2.68. The molecule has 1 heteroatoms. The first-order valence-corrected chi connectivity index (χ1v) is 5.05. The maximum absolute atomic E-state index is 2.74. The molecule has 0 aromatic heterocycles. The third kappa shape index (κ3) is 0.658. The van der Waals surface area contributed by atoms with Crippen molar-refractivity contribution in [3.05, 3.63) is 0 Å². The lowest BCUT2D eigenvalue weighted by molar-refractivity contribution is -0.167. The second-order valence-corrected chi connectivity index (χ2v) is 4.85. The van der Waals surface area contributed by atoms with E-state index in [9.17, 15) is 0 Å². The van der Waals surface area contributed by atoms with Gasteiger partial charge in [-0.2, -0.15) is 0 Å². The minimum atomic E-state index is 0.987. The van der Waals surface area contributed by atoms with Crippen molar-refractivity contribution in [2.24, 2.45) is 17.8 Å². The molecule has 0 aromatic rings. The SMILES string of the molecule is CC1CN2C1C(C)[C@H]2C1CC1. The summed E-state index contributed by atoms with van der Waals surface area (Å²) in [6.45, 7) is 6.26. The summed E-state index contributed by atoms with van der Waals surface area (Å²) in [5.74, 6) is 3.12. The van der Waals surface area contributed by atoms with Crippen LogP contribution in [0.25, 0.3) is 0 Å². The lowest BCUT2D eigenvalue weighted by Gasteiger charge is -2.65. The molecule has 1 aliphatic carbocycles. The highest BCUT2D eigenvalue weighted by molar-refractivity contribution is 5.12. The molecular formula is C10H17N. The van der Waals surface area contributed by atoms with Gasteiger partial charge in [0, 0.05) is 18.6 Å². The predicted octanol–water partition coefficient (Wildman–Crippen LogP) is 1.74. The summed E-state index contributed by atoms with van der Waals surface area (Å²) in [6.07, 6.45) is 3.04. The van der Waals surface area contributed by atoms with Crippen LogP contribution in [0.1, 0.15) is 26.7 Å². The number of hydrogen-bond acceptors (Lipinski definition) is 1. The Morgan fingerprint density at radius 2 is 1.82 bits per heavy atom. The molecule has 0 amide bonds. The van der Waals surface area contributed by atoms with Crippen LogP contribution in [0.3, 0.4) is 0 Å². The number of fused-ring (bicyclic) bond motifs is 1. The Hall–Kier alpha value is -0.0400. The normalized spacial score (nSPS) is 56.2. The molecule has 62 valence electrons. The minimum absolute atomic E-state index is 0.987. The summed E-state index contributed by atoms with van der Waals surface area (Å²) >= 11 is 0. The zero-order valence-corrected chi connectivity index (χ0v) is 7.46. The van der Waals surface area contributed by atoms with Crippen LogP contribution in [-0.4, -0.2) is 23.5 Å². The zero-order chi connectivity index (χ0) is 7.59. The van der Waals surface area contributed by atoms with E-state index in [1.807, 2.05) is 0 Å². The van der Waals surface area contributed by atoms with Crippen LogP contribution in [0.4, 0.5) is 0 Å². The molecule has 3 rings (SSSR count). The van der Waals surface area contributed by atoms with Gasteiger partial charge in [-0.15, -0.1) is 0 Å². The van der Waals surface area contributed by atoms with Crippen molar-refractivity contribution < 1.29 is 0 Å². The van der Waals surface area contributed by atoms with Gasteiger partial charge in [-0.25, -0.2) is 0 Å². The van der Waals surface area contributed by atoms with Crippen molar-refractivity contribution in [1.82, 2.24) is 4.90 Å². The molecule has 1 nitrogen and oxygen atoms in total. The van der Waals surface area contributed by atoms with Crippen LogP contribution in [-0.2, 0) is 0 Å². The van der Waals surface area contributed by atoms with E-state index in [2.05, 4.69) is 18.7 Å². The molecule has 0 bridgehead atoms. The van der Waals surface area contributed by atoms with E-state index >= 15 is 0 Å². The van der Waals surface area contributed by atoms with Gasteiger partial charge in [-0.3, -0.25) is 4.90 Å². The molecule has 3 fully saturated rings. The first-order chi connectivity index (χ1) is 5.29. The third-order valence-corrected chi connectivity index (χ3v) is 4.03. The number of piperidine rings is 1. The highest BCUT2D eigenvalue weighted by atomic mass is 15.3. The van der Waals surface area contributed by atoms with Crippen LogP contribution in [0.2, 0.25) is 0 Å². The van der Waals surface area contributed by atoms with E-state index in [0.717, 1.165) is 29.8 Å². The van der Waals surface area contributed by atoms with E-state index in [-0.39, 0.29) is 0 Å². The summed E-state index contributed by atoms with van der Waals surface area (Å²) in [7, 11) is 0. The molecule has 2 aliphatic heterocycles. The van der Waals surface area contributed by atoms with Gasteiger partial charge < -0.3 is 0 Å². The lowest BCUT2D eigenvalue weighted by atomic mass is 9.66. The van der Waals surface area contributed by atoms with E-state index in [4.69, 9.17) is 0 Å². The highest BCUT2D eigenvalue weighted by Gasteiger charge is 2.58. The Labute approximate surface area is 68.8 Å². The average molecular weight is 151 g/mol. The highest BCUT2D eigenvalue weighted by Crippen LogP contribution is 2.53. The van der Waals surface area contributed by atoms with Gasteiger partial charge in [-0.1, -0.05) is 13.8 Å². The number of hydrogen-bond donors (Lipinski definition) is 0. The molecule has 3 unspecified atom stereocenters. The maximum Gasteiger partial charge on any atom is 0.0177 e. The van der Waals surface area contributed by atoms with Gasteiger partial charge in [0.15, 0.2) is 0 Å². The predicted molar refractivity (Wildman–Crippen MR) is 45.3 cm³/mol. The van der Waals surface area contributed by atoms with E-state index in [1.54, 1.807) is 0 Å². The molecule has 2 heterocycles. The fourth-order valence-corrected chi connectivity index (χ4v) is 3.43. The Balaban J connectivity index is 1.72. The Morgan fingerprint density at radius 3 is 2.27 bits per heavy atom. The molecule has 0 aromatic carbocycles. The smallest absolute Gasteiger partial charge is 0.0177 e. The van der Waals surface area contributed by atoms with Crippen molar-refractivity contribution in [2.75, 3.05) is 6.54 Å². The molecule has 0 radical (unpaired) electrons. The van der Waals surface area contributed by atoms with E-state index < -0.39 is 0 Å². The maximum atomic E-state index is 2.74. The summed E-state index contributed by atoms with van der Waals surface area (Å²) in [4.78, 5) is 2.74. The topological polar surface area (TPSA) is 3.24 Å². The monoisotopic (exact) mass is 151 g/mol. The van der Waals surface area contributed by atoms with Gasteiger partial charge in [0.05, 0.1) is 0 Å². The largest absolute Gasteiger partial charge is 0.296 e. The van der Waals surface area contributed by atoms with Crippen LogP contribution in [0.5, 0.6) is 0 Å². The van der Waals surface area contributed by atoms with Gasteiger partial charge in [0.1, 0.15) is 0 Å². The first kappa shape index (κ1) is 6.47. The molecule has 11 heavy (non-hydrogen) atoms. The number of rotatable bonds is 1. The standard InChI is InChI=1S/C10H17N/c1-6-5-11-9(6)7(2)10(11)8-3-4-8/h6-10H,3-5H2,1-2H3/t6?,7?,9?,10-/m0/s1. The fourth-order valence-electron chi connectivity index (χ4n) is 3.43. The van der Waals surface area contributed by atoms with Crippen LogP contribution < -0.4 is 0 Å². The molecule has 3 aliphatic rings. The quantitative estimate of drug-likeness (QED) is 0.551. The van der Waals surface area contributed by atoms with E-state index in [0.29, 0.717) is 0 Å². The molecule has 4 atom stereocenters. The van der Waals surface area contributed by atoms with Crippen molar-refractivity contribution in [3.63, 3.8) is 0 Å². The second-order valence-electron chi connectivity index (χ2n) is 4.85.